The Labute approximate surface area is 194 Å². The summed E-state index contributed by atoms with van der Waals surface area (Å²) in [6, 6.07) is 11.1. The van der Waals surface area contributed by atoms with Crippen LogP contribution in [0.1, 0.15) is 34.2 Å². The number of hydrogen-bond donors (Lipinski definition) is 1. The van der Waals surface area contributed by atoms with Crippen molar-refractivity contribution in [1.29, 1.82) is 0 Å². The molecular formula is C23H20N4O4S2. The average molecular weight is 481 g/mol. The molecular weight excluding hydrogens is 460 g/mol. The number of imidazole rings is 1. The van der Waals surface area contributed by atoms with Crippen molar-refractivity contribution in [2.45, 2.75) is 25.2 Å². The highest BCUT2D eigenvalue weighted by atomic mass is 32.2. The molecule has 1 N–H and O–H groups in total. The van der Waals surface area contributed by atoms with Gasteiger partial charge < -0.3 is 4.90 Å². The fourth-order valence-electron chi connectivity index (χ4n) is 4.08. The van der Waals surface area contributed by atoms with Gasteiger partial charge in [0.05, 0.1) is 10.6 Å². The third-order valence-corrected chi connectivity index (χ3v) is 7.82. The Bertz CT molecular complexity index is 1520. The number of carbonyl (C=O) groups is 2. The number of carbonyl (C=O) groups excluding carboxylic acids is 2. The lowest BCUT2D eigenvalue weighted by Gasteiger charge is -2.15. The molecule has 3 heterocycles. The number of hydrogen-bond acceptors (Lipinski definition) is 6. The number of nitrogens with zero attached hydrogens (tertiary/aromatic N) is 3. The summed E-state index contributed by atoms with van der Waals surface area (Å²) in [5.41, 5.74) is 3.51. The van der Waals surface area contributed by atoms with Crippen molar-refractivity contribution in [1.82, 2.24) is 9.38 Å². The lowest BCUT2D eigenvalue weighted by atomic mass is 10.1. The van der Waals surface area contributed by atoms with Crippen LogP contribution in [0.15, 0.2) is 58.9 Å². The van der Waals surface area contributed by atoms with E-state index in [1.807, 2.05) is 11.6 Å². The van der Waals surface area contributed by atoms with Crippen LogP contribution in [0.4, 0.5) is 11.4 Å². The minimum atomic E-state index is -3.83. The number of fused-ring (bicyclic) bond motifs is 2. The van der Waals surface area contributed by atoms with Gasteiger partial charge in [0.2, 0.25) is 11.7 Å². The fourth-order valence-corrected chi connectivity index (χ4v) is 5.95. The van der Waals surface area contributed by atoms with Gasteiger partial charge in [0.25, 0.3) is 10.0 Å². The summed E-state index contributed by atoms with van der Waals surface area (Å²) in [7, 11) is -3.83. The smallest absolute Gasteiger partial charge is 0.261 e. The van der Waals surface area contributed by atoms with Crippen LogP contribution in [0.25, 0.3) is 4.96 Å². The van der Waals surface area contributed by atoms with E-state index in [2.05, 4.69) is 9.71 Å². The average Bonchev–Trinajstić information content (AvgIpc) is 3.47. The monoisotopic (exact) mass is 480 g/mol. The van der Waals surface area contributed by atoms with Crippen LogP contribution in [0.5, 0.6) is 0 Å². The standard InChI is InChI=1S/C23H20N4O4S2/c1-14-21(27-11-12-32-23(27)24-14)22(29)16-3-5-18(6-4-16)25-33(30,31)19-7-8-20-17(13-19)9-10-26(20)15(2)28/h3-8,11-13,25H,9-10H2,1-2H3. The summed E-state index contributed by atoms with van der Waals surface area (Å²) in [5, 5.41) is 1.87. The predicted molar refractivity (Wildman–Crippen MR) is 127 cm³/mol. The Balaban J connectivity index is 1.37. The van der Waals surface area contributed by atoms with E-state index < -0.39 is 10.0 Å². The van der Waals surface area contributed by atoms with E-state index in [4.69, 9.17) is 0 Å². The fraction of sp³-hybridized carbons (Fsp3) is 0.174. The highest BCUT2D eigenvalue weighted by molar-refractivity contribution is 7.92. The molecule has 0 atom stereocenters. The van der Waals surface area contributed by atoms with Crippen LogP contribution in [-0.4, -0.2) is 36.0 Å². The predicted octanol–water partition coefficient (Wildman–Crippen LogP) is 3.65. The van der Waals surface area contributed by atoms with Crippen LogP contribution in [0, 0.1) is 6.92 Å². The molecule has 5 rings (SSSR count). The highest BCUT2D eigenvalue weighted by Gasteiger charge is 2.25. The maximum Gasteiger partial charge on any atom is 0.261 e. The molecule has 168 valence electrons. The van der Waals surface area contributed by atoms with E-state index in [9.17, 15) is 18.0 Å². The molecule has 0 unspecified atom stereocenters. The maximum atomic E-state index is 13.0. The van der Waals surface area contributed by atoms with Gasteiger partial charge in [-0.2, -0.15) is 0 Å². The van der Waals surface area contributed by atoms with Gasteiger partial charge in [-0.05, 0) is 61.4 Å². The number of sulfonamides is 1. The Hall–Kier alpha value is -3.50. The number of benzene rings is 2. The first-order valence-electron chi connectivity index (χ1n) is 10.3. The molecule has 0 bridgehead atoms. The van der Waals surface area contributed by atoms with Gasteiger partial charge >= 0.3 is 0 Å². The summed E-state index contributed by atoms with van der Waals surface area (Å²) in [6.07, 6.45) is 2.42. The molecule has 0 saturated heterocycles. The number of thiazole rings is 1. The molecule has 1 aliphatic heterocycles. The van der Waals surface area contributed by atoms with E-state index >= 15 is 0 Å². The summed E-state index contributed by atoms with van der Waals surface area (Å²) in [4.78, 5) is 31.7. The van der Waals surface area contributed by atoms with Gasteiger partial charge in [0, 0.05) is 42.0 Å². The van der Waals surface area contributed by atoms with Crippen molar-refractivity contribution in [3.05, 3.63) is 76.6 Å². The van der Waals surface area contributed by atoms with Crippen molar-refractivity contribution in [3.63, 3.8) is 0 Å². The molecule has 8 nitrogen and oxygen atoms in total. The molecule has 0 radical (unpaired) electrons. The third-order valence-electron chi connectivity index (χ3n) is 5.69. The number of ketones is 1. The Kier molecular flexibility index (Phi) is 5.06. The molecule has 0 spiro atoms. The van der Waals surface area contributed by atoms with Gasteiger partial charge in [-0.1, -0.05) is 0 Å². The van der Waals surface area contributed by atoms with Gasteiger partial charge in [0.15, 0.2) is 4.96 Å². The van der Waals surface area contributed by atoms with Crippen molar-refractivity contribution < 1.29 is 18.0 Å². The lowest BCUT2D eigenvalue weighted by Crippen LogP contribution is -2.25. The van der Waals surface area contributed by atoms with Crippen molar-refractivity contribution in [3.8, 4) is 0 Å². The molecule has 0 aliphatic carbocycles. The molecule has 2 aromatic heterocycles. The molecule has 10 heteroatoms. The van der Waals surface area contributed by atoms with Crippen LogP contribution < -0.4 is 9.62 Å². The Morgan fingerprint density at radius 2 is 1.88 bits per heavy atom. The van der Waals surface area contributed by atoms with Gasteiger partial charge in [-0.3, -0.25) is 18.7 Å². The first-order valence-corrected chi connectivity index (χ1v) is 12.6. The van der Waals surface area contributed by atoms with Crippen molar-refractivity contribution >= 4 is 49.4 Å². The topological polar surface area (TPSA) is 101 Å². The molecule has 1 aliphatic rings. The summed E-state index contributed by atoms with van der Waals surface area (Å²) in [6.45, 7) is 3.83. The number of aryl methyl sites for hydroxylation is 1. The molecule has 1 amide bonds. The van der Waals surface area contributed by atoms with Crippen LogP contribution in [-0.2, 0) is 21.2 Å². The normalized spacial score (nSPS) is 13.3. The van der Waals surface area contributed by atoms with Crippen LogP contribution in [0.2, 0.25) is 0 Å². The van der Waals surface area contributed by atoms with E-state index in [1.54, 1.807) is 52.6 Å². The summed E-state index contributed by atoms with van der Waals surface area (Å²) in [5.74, 6) is -0.246. The zero-order valence-electron chi connectivity index (χ0n) is 17.9. The zero-order valence-corrected chi connectivity index (χ0v) is 19.5. The molecule has 0 saturated carbocycles. The number of aromatic nitrogens is 2. The first kappa shape index (κ1) is 21.4. The second-order valence-electron chi connectivity index (χ2n) is 7.82. The highest BCUT2D eigenvalue weighted by Crippen LogP contribution is 2.31. The van der Waals surface area contributed by atoms with Crippen LogP contribution >= 0.6 is 11.3 Å². The molecule has 2 aromatic carbocycles. The number of nitrogens with one attached hydrogen (secondary N) is 1. The Morgan fingerprint density at radius 3 is 2.61 bits per heavy atom. The largest absolute Gasteiger partial charge is 0.312 e. The zero-order chi connectivity index (χ0) is 23.3. The quantitative estimate of drug-likeness (QED) is 0.440. The minimum absolute atomic E-state index is 0.0667. The summed E-state index contributed by atoms with van der Waals surface area (Å²) >= 11 is 1.45. The van der Waals surface area contributed by atoms with Gasteiger partial charge in [-0.25, -0.2) is 13.4 Å². The van der Waals surface area contributed by atoms with Gasteiger partial charge in [-0.15, -0.1) is 11.3 Å². The molecule has 33 heavy (non-hydrogen) atoms. The maximum absolute atomic E-state index is 13.0. The second kappa shape index (κ2) is 7.82. The lowest BCUT2D eigenvalue weighted by molar-refractivity contribution is -0.116. The second-order valence-corrected chi connectivity index (χ2v) is 10.4. The van der Waals surface area contributed by atoms with E-state index in [1.165, 1.54) is 24.3 Å². The molecule has 4 aromatic rings. The Morgan fingerprint density at radius 1 is 1.12 bits per heavy atom. The summed E-state index contributed by atoms with van der Waals surface area (Å²) < 4.78 is 30.2. The van der Waals surface area contributed by atoms with E-state index in [-0.39, 0.29) is 16.6 Å². The minimum Gasteiger partial charge on any atom is -0.312 e. The molecule has 0 fully saturated rings. The number of rotatable bonds is 5. The number of anilines is 2. The van der Waals surface area contributed by atoms with Crippen molar-refractivity contribution in [2.75, 3.05) is 16.2 Å². The van der Waals surface area contributed by atoms with Gasteiger partial charge in [0.1, 0.15) is 5.69 Å². The van der Waals surface area contributed by atoms with Crippen LogP contribution in [0.3, 0.4) is 0 Å². The third kappa shape index (κ3) is 3.70. The van der Waals surface area contributed by atoms with E-state index in [0.717, 1.165) is 16.2 Å². The first-order chi connectivity index (χ1) is 15.7. The SMILES string of the molecule is CC(=O)N1CCc2cc(S(=O)(=O)Nc3ccc(C(=O)c4c(C)nc5sccn45)cc3)ccc21. The van der Waals surface area contributed by atoms with Crippen molar-refractivity contribution in [2.24, 2.45) is 0 Å². The number of amides is 1. The van der Waals surface area contributed by atoms with E-state index in [0.29, 0.717) is 35.6 Å².